The molecule has 0 saturated heterocycles. The number of hydrogen-bond acceptors (Lipinski definition) is 6. The molecule has 2 heterocycles. The molecule has 28 heavy (non-hydrogen) atoms. The van der Waals surface area contributed by atoms with Crippen LogP contribution in [0.1, 0.15) is 18.7 Å². The third kappa shape index (κ3) is 4.51. The van der Waals surface area contributed by atoms with Crippen molar-refractivity contribution in [3.05, 3.63) is 46.5 Å². The van der Waals surface area contributed by atoms with Gasteiger partial charge in [-0.25, -0.2) is 13.4 Å². The lowest BCUT2D eigenvalue weighted by molar-refractivity contribution is 0.595. The highest BCUT2D eigenvalue weighted by molar-refractivity contribution is 9.10. The van der Waals surface area contributed by atoms with Crippen molar-refractivity contribution in [2.24, 2.45) is 12.8 Å². The number of nitrogens with zero attached hydrogens (tertiary/aromatic N) is 2. The number of imidazole rings is 1. The maximum absolute atomic E-state index is 13.2. The molecule has 0 bridgehead atoms. The van der Waals surface area contributed by atoms with Gasteiger partial charge in [-0.05, 0) is 46.8 Å². The molecule has 0 aliphatic carbocycles. The van der Waals surface area contributed by atoms with Crippen LogP contribution in [0, 0.1) is 5.41 Å². The van der Waals surface area contributed by atoms with E-state index in [1.165, 1.54) is 29.2 Å². The first-order chi connectivity index (χ1) is 13.2. The monoisotopic (exact) mass is 500 g/mol. The van der Waals surface area contributed by atoms with Gasteiger partial charge in [0.05, 0.1) is 30.7 Å². The number of hydrogen-bond donors (Lipinski definition) is 2. The van der Waals surface area contributed by atoms with E-state index in [9.17, 15) is 8.42 Å². The van der Waals surface area contributed by atoms with Crippen LogP contribution in [0.5, 0.6) is 0 Å². The average Bonchev–Trinajstić information content (AvgIpc) is 3.21. The highest BCUT2D eigenvalue weighted by atomic mass is 79.9. The Labute approximate surface area is 181 Å². The van der Waals surface area contributed by atoms with E-state index < -0.39 is 9.84 Å². The summed E-state index contributed by atoms with van der Waals surface area (Å²) in [5.74, 6) is 0.595. The van der Waals surface area contributed by atoms with Gasteiger partial charge in [-0.3, -0.25) is 5.41 Å². The quantitative estimate of drug-likeness (QED) is 0.226. The molecular formula is C18H21BrN4O2S3. The maximum Gasteiger partial charge on any atom is 0.208 e. The van der Waals surface area contributed by atoms with Crippen molar-refractivity contribution in [2.45, 2.75) is 27.8 Å². The van der Waals surface area contributed by atoms with Crippen LogP contribution in [-0.4, -0.2) is 29.6 Å². The molecule has 1 aromatic carbocycles. The van der Waals surface area contributed by atoms with Gasteiger partial charge in [0.15, 0.2) is 0 Å². The largest absolute Gasteiger partial charge is 0.383 e. The minimum Gasteiger partial charge on any atom is -0.383 e. The Morgan fingerprint density at radius 3 is 2.68 bits per heavy atom. The van der Waals surface area contributed by atoms with E-state index in [2.05, 4.69) is 27.5 Å². The average molecular weight is 501 g/mol. The second-order valence-corrected chi connectivity index (χ2v) is 11.0. The Hall–Kier alpha value is -1.62. The van der Waals surface area contributed by atoms with Crippen molar-refractivity contribution in [1.29, 1.82) is 5.41 Å². The summed E-state index contributed by atoms with van der Waals surface area (Å²) in [6.45, 7) is 7.20. The fraction of sp³-hybridized carbons (Fsp3) is 0.222. The fourth-order valence-corrected chi connectivity index (χ4v) is 7.35. The lowest BCUT2D eigenvalue weighted by Crippen LogP contribution is -2.09. The first-order valence-electron chi connectivity index (χ1n) is 8.21. The number of nitrogens with one attached hydrogen (secondary N) is 1. The summed E-state index contributed by atoms with van der Waals surface area (Å²) < 4.78 is 29.5. The molecule has 0 aliphatic rings. The Morgan fingerprint density at radius 2 is 2.11 bits per heavy atom. The van der Waals surface area contributed by atoms with E-state index in [4.69, 9.17) is 11.1 Å². The summed E-state index contributed by atoms with van der Waals surface area (Å²) in [5.41, 5.74) is 6.98. The van der Waals surface area contributed by atoms with Crippen LogP contribution < -0.4 is 5.73 Å². The van der Waals surface area contributed by atoms with Gasteiger partial charge >= 0.3 is 0 Å². The van der Waals surface area contributed by atoms with Crippen LogP contribution in [0.4, 0.5) is 0 Å². The molecule has 0 atom stereocenters. The summed E-state index contributed by atoms with van der Waals surface area (Å²) in [4.78, 5) is 5.10. The van der Waals surface area contributed by atoms with Gasteiger partial charge in [-0.1, -0.05) is 13.0 Å². The molecule has 3 N–H and O–H groups in total. The summed E-state index contributed by atoms with van der Waals surface area (Å²) in [7, 11) is -1.93. The number of aryl methyl sites for hydroxylation is 1. The van der Waals surface area contributed by atoms with Crippen molar-refractivity contribution < 1.29 is 8.42 Å². The molecule has 0 fully saturated rings. The fourth-order valence-electron chi connectivity index (χ4n) is 2.36. The Kier molecular flexibility index (Phi) is 7.49. The van der Waals surface area contributed by atoms with Gasteiger partial charge in [-0.2, -0.15) is 0 Å². The Morgan fingerprint density at radius 1 is 1.46 bits per heavy atom. The van der Waals surface area contributed by atoms with Crippen LogP contribution >= 0.6 is 39.0 Å². The number of nitrogen functional groups attached to an aromatic ring is 1. The van der Waals surface area contributed by atoms with Crippen LogP contribution in [0.15, 0.2) is 55.7 Å². The highest BCUT2D eigenvalue weighted by Crippen LogP contribution is 2.39. The lowest BCUT2D eigenvalue weighted by Gasteiger charge is -2.07. The van der Waals surface area contributed by atoms with Gasteiger partial charge < -0.3 is 10.3 Å². The maximum atomic E-state index is 13.2. The van der Waals surface area contributed by atoms with Crippen molar-refractivity contribution in [1.82, 2.24) is 9.55 Å². The standard InChI is InChI=1S/C15H15BrN4O2S3.C3H6/c1-3-23-15-12(6-11(24-15)14(17)18)25(21,22)8-4-9(16)13-10(5-8)20(2)7-19-13;1-3-2/h4-7H,3H2,1-2H3,(H3,17,18);3H,1H2,2H3. The number of rotatable bonds is 5. The molecule has 0 aliphatic heterocycles. The van der Waals surface area contributed by atoms with E-state index in [1.807, 2.05) is 20.9 Å². The number of thioether (sulfide) groups is 1. The summed E-state index contributed by atoms with van der Waals surface area (Å²) in [5, 5.41) is 7.60. The van der Waals surface area contributed by atoms with Crippen molar-refractivity contribution in [3.63, 3.8) is 0 Å². The van der Waals surface area contributed by atoms with Crippen LogP contribution in [0.2, 0.25) is 0 Å². The zero-order chi connectivity index (χ0) is 21.1. The molecule has 0 unspecified atom stereocenters. The van der Waals surface area contributed by atoms with Crippen molar-refractivity contribution in [2.75, 3.05) is 5.75 Å². The molecule has 150 valence electrons. The van der Waals surface area contributed by atoms with Gasteiger partial charge in [0.1, 0.15) is 11.4 Å². The summed E-state index contributed by atoms with van der Waals surface area (Å²) in [6, 6.07) is 4.67. The van der Waals surface area contributed by atoms with E-state index in [-0.39, 0.29) is 15.6 Å². The van der Waals surface area contributed by atoms with Gasteiger partial charge in [0.25, 0.3) is 0 Å². The zero-order valence-electron chi connectivity index (χ0n) is 15.7. The molecule has 2 aromatic heterocycles. The Balaban J connectivity index is 0.000000878. The van der Waals surface area contributed by atoms with E-state index in [1.54, 1.807) is 29.1 Å². The number of allylic oxidation sites excluding steroid dienone is 1. The number of halogens is 1. The number of nitrogens with two attached hydrogens (primary N) is 1. The van der Waals surface area contributed by atoms with Crippen LogP contribution in [0.25, 0.3) is 11.0 Å². The molecule has 0 radical (unpaired) electrons. The van der Waals surface area contributed by atoms with Crippen molar-refractivity contribution in [3.8, 4) is 0 Å². The van der Waals surface area contributed by atoms with Crippen LogP contribution in [0.3, 0.4) is 0 Å². The molecular weight excluding hydrogens is 480 g/mol. The van der Waals surface area contributed by atoms with E-state index >= 15 is 0 Å². The number of amidine groups is 1. The highest BCUT2D eigenvalue weighted by Gasteiger charge is 2.26. The lowest BCUT2D eigenvalue weighted by atomic mass is 10.3. The van der Waals surface area contributed by atoms with Gasteiger partial charge in [0.2, 0.25) is 9.84 Å². The first kappa shape index (κ1) is 22.7. The SMILES string of the molecule is C=CC.CCSc1sc(C(=N)N)cc1S(=O)(=O)c1cc(Br)c2ncn(C)c2c1. The van der Waals surface area contributed by atoms with Crippen molar-refractivity contribution >= 4 is 65.7 Å². The second kappa shape index (κ2) is 9.25. The first-order valence-corrected chi connectivity index (χ1v) is 12.3. The predicted molar refractivity (Wildman–Crippen MR) is 121 cm³/mol. The molecule has 0 spiro atoms. The number of benzene rings is 1. The van der Waals surface area contributed by atoms with Crippen LogP contribution in [-0.2, 0) is 16.9 Å². The Bertz CT molecular complexity index is 1130. The number of thiophene rings is 1. The number of fused-ring (bicyclic) bond motifs is 1. The van der Waals surface area contributed by atoms with Gasteiger partial charge in [-0.15, -0.1) is 29.7 Å². The summed E-state index contributed by atoms with van der Waals surface area (Å²) >= 11 is 6.07. The van der Waals surface area contributed by atoms with E-state index in [0.717, 1.165) is 11.3 Å². The van der Waals surface area contributed by atoms with Gasteiger partial charge in [0, 0.05) is 11.5 Å². The molecule has 10 heteroatoms. The second-order valence-electron chi connectivity index (χ2n) is 5.65. The molecule has 0 amide bonds. The third-order valence-electron chi connectivity index (χ3n) is 3.56. The summed E-state index contributed by atoms with van der Waals surface area (Å²) in [6.07, 6.45) is 3.39. The topological polar surface area (TPSA) is 102 Å². The molecule has 3 aromatic rings. The number of sulfone groups is 1. The van der Waals surface area contributed by atoms with E-state index in [0.29, 0.717) is 19.1 Å². The minimum absolute atomic E-state index is 0.132. The normalized spacial score (nSPS) is 11.1. The number of aromatic nitrogens is 2. The third-order valence-corrected chi connectivity index (χ3v) is 8.52. The predicted octanol–water partition coefficient (Wildman–Crippen LogP) is 4.82. The minimum atomic E-state index is -3.75. The smallest absolute Gasteiger partial charge is 0.208 e. The molecule has 0 saturated carbocycles. The zero-order valence-corrected chi connectivity index (χ0v) is 19.7. The molecule has 3 rings (SSSR count). The molecule has 6 nitrogen and oxygen atoms in total.